The van der Waals surface area contributed by atoms with Crippen molar-refractivity contribution in [1.29, 1.82) is 0 Å². The number of ether oxygens (including phenoxy) is 2. The second-order valence-corrected chi connectivity index (χ2v) is 5.62. The normalized spacial score (nSPS) is 17.4. The van der Waals surface area contributed by atoms with E-state index < -0.39 is 0 Å². The topological polar surface area (TPSA) is 84.0 Å². The molecule has 0 aromatic heterocycles. The standard InChI is InChI=1S/C17H25FN4O3/c1-19-17(20-8-2-9-25-15-7-10-24-12-15)21-11-16(23)22-14-5-3-13(18)4-6-14/h3-6,15H,2,7-12H2,1H3,(H,22,23)(H2,19,20,21). The second kappa shape index (κ2) is 10.6. The fraction of sp³-hybridized carbons (Fsp3) is 0.529. The lowest BCUT2D eigenvalue weighted by atomic mass is 10.3. The highest BCUT2D eigenvalue weighted by Crippen LogP contribution is 2.08. The Morgan fingerprint density at radius 2 is 2.16 bits per heavy atom. The average molecular weight is 352 g/mol. The molecule has 1 heterocycles. The molecule has 8 heteroatoms. The lowest BCUT2D eigenvalue weighted by Crippen LogP contribution is -2.41. The van der Waals surface area contributed by atoms with E-state index in [4.69, 9.17) is 9.47 Å². The number of guanidine groups is 1. The Kier molecular flexibility index (Phi) is 8.14. The first-order valence-electron chi connectivity index (χ1n) is 8.36. The SMILES string of the molecule is CN=C(NCCCOC1CCOC1)NCC(=O)Nc1ccc(F)cc1. The van der Waals surface area contributed by atoms with E-state index in [0.29, 0.717) is 31.4 Å². The zero-order chi connectivity index (χ0) is 17.9. The van der Waals surface area contributed by atoms with E-state index in [0.717, 1.165) is 19.4 Å². The number of halogens is 1. The first kappa shape index (κ1) is 19.1. The number of rotatable bonds is 8. The number of benzene rings is 1. The zero-order valence-corrected chi connectivity index (χ0v) is 14.4. The van der Waals surface area contributed by atoms with Crippen molar-refractivity contribution < 1.29 is 18.7 Å². The minimum atomic E-state index is -0.342. The largest absolute Gasteiger partial charge is 0.379 e. The van der Waals surface area contributed by atoms with Crippen LogP contribution in [0.5, 0.6) is 0 Å². The van der Waals surface area contributed by atoms with Gasteiger partial charge in [0.15, 0.2) is 5.96 Å². The molecule has 0 saturated carbocycles. The van der Waals surface area contributed by atoms with Crippen LogP contribution in [0, 0.1) is 5.82 Å². The first-order valence-corrected chi connectivity index (χ1v) is 8.36. The lowest BCUT2D eigenvalue weighted by molar-refractivity contribution is -0.115. The van der Waals surface area contributed by atoms with Gasteiger partial charge in [0.1, 0.15) is 5.82 Å². The molecule has 0 aliphatic carbocycles. The fourth-order valence-corrected chi connectivity index (χ4v) is 2.30. The van der Waals surface area contributed by atoms with Crippen molar-refractivity contribution in [2.75, 3.05) is 45.3 Å². The van der Waals surface area contributed by atoms with Gasteiger partial charge in [0.25, 0.3) is 0 Å². The van der Waals surface area contributed by atoms with E-state index in [-0.39, 0.29) is 24.4 Å². The van der Waals surface area contributed by atoms with Gasteiger partial charge in [-0.1, -0.05) is 0 Å². The van der Waals surface area contributed by atoms with Crippen LogP contribution in [0.1, 0.15) is 12.8 Å². The Balaban J connectivity index is 1.57. The van der Waals surface area contributed by atoms with Gasteiger partial charge in [0, 0.05) is 32.5 Å². The predicted molar refractivity (Wildman–Crippen MR) is 94.2 cm³/mol. The van der Waals surface area contributed by atoms with Gasteiger partial charge in [-0.25, -0.2) is 4.39 Å². The molecule has 1 aliphatic heterocycles. The third-order valence-corrected chi connectivity index (χ3v) is 3.62. The summed E-state index contributed by atoms with van der Waals surface area (Å²) in [5.74, 6) is -0.0391. The molecule has 0 bridgehead atoms. The summed E-state index contributed by atoms with van der Waals surface area (Å²) in [7, 11) is 1.64. The van der Waals surface area contributed by atoms with Gasteiger partial charge in [-0.3, -0.25) is 9.79 Å². The van der Waals surface area contributed by atoms with Gasteiger partial charge in [0.05, 0.1) is 19.3 Å². The zero-order valence-electron chi connectivity index (χ0n) is 14.4. The molecule has 7 nitrogen and oxygen atoms in total. The molecule has 1 aliphatic rings. The van der Waals surface area contributed by atoms with Crippen molar-refractivity contribution >= 4 is 17.6 Å². The molecule has 0 radical (unpaired) electrons. The molecule has 0 spiro atoms. The molecule has 1 aromatic carbocycles. The molecule has 1 fully saturated rings. The Morgan fingerprint density at radius 3 is 2.84 bits per heavy atom. The number of nitrogens with one attached hydrogen (secondary N) is 3. The summed E-state index contributed by atoms with van der Waals surface area (Å²) in [6, 6.07) is 5.61. The molecule has 1 atom stereocenters. The van der Waals surface area contributed by atoms with Crippen LogP contribution in [-0.2, 0) is 14.3 Å². The van der Waals surface area contributed by atoms with E-state index in [1.807, 2.05) is 0 Å². The number of hydrogen-bond acceptors (Lipinski definition) is 4. The average Bonchev–Trinajstić information content (AvgIpc) is 3.13. The fourth-order valence-electron chi connectivity index (χ4n) is 2.30. The van der Waals surface area contributed by atoms with E-state index in [2.05, 4.69) is 20.9 Å². The number of hydrogen-bond donors (Lipinski definition) is 3. The first-order chi connectivity index (χ1) is 12.2. The Bertz CT molecular complexity index is 560. The Labute approximate surface area is 147 Å². The van der Waals surface area contributed by atoms with Gasteiger partial charge in [-0.05, 0) is 37.1 Å². The minimum Gasteiger partial charge on any atom is -0.379 e. The molecule has 1 unspecified atom stereocenters. The molecular weight excluding hydrogens is 327 g/mol. The molecule has 1 saturated heterocycles. The summed E-state index contributed by atoms with van der Waals surface area (Å²) in [4.78, 5) is 15.9. The molecule has 3 N–H and O–H groups in total. The molecule has 25 heavy (non-hydrogen) atoms. The molecule has 1 amide bonds. The van der Waals surface area contributed by atoms with Crippen LogP contribution in [0.15, 0.2) is 29.3 Å². The third-order valence-electron chi connectivity index (χ3n) is 3.62. The second-order valence-electron chi connectivity index (χ2n) is 5.62. The summed E-state index contributed by atoms with van der Waals surface area (Å²) < 4.78 is 23.7. The number of carbonyl (C=O) groups excluding carboxylic acids is 1. The maximum Gasteiger partial charge on any atom is 0.243 e. The van der Waals surface area contributed by atoms with Crippen LogP contribution in [0.2, 0.25) is 0 Å². The van der Waals surface area contributed by atoms with E-state index in [9.17, 15) is 9.18 Å². The van der Waals surface area contributed by atoms with Crippen LogP contribution in [0.25, 0.3) is 0 Å². The molecule has 138 valence electrons. The number of carbonyl (C=O) groups is 1. The Morgan fingerprint density at radius 1 is 1.36 bits per heavy atom. The van der Waals surface area contributed by atoms with Gasteiger partial charge in [0.2, 0.25) is 5.91 Å². The van der Waals surface area contributed by atoms with Gasteiger partial charge >= 0.3 is 0 Å². The predicted octanol–water partition coefficient (Wildman–Crippen LogP) is 1.12. The Hall–Kier alpha value is -2.19. The number of anilines is 1. The van der Waals surface area contributed by atoms with E-state index in [1.54, 1.807) is 7.05 Å². The van der Waals surface area contributed by atoms with E-state index >= 15 is 0 Å². The van der Waals surface area contributed by atoms with E-state index in [1.165, 1.54) is 24.3 Å². The van der Waals surface area contributed by atoms with Gasteiger partial charge < -0.3 is 25.4 Å². The summed E-state index contributed by atoms with van der Waals surface area (Å²) in [6.45, 7) is 2.86. The molecule has 1 aromatic rings. The van der Waals surface area contributed by atoms with Gasteiger partial charge in [-0.2, -0.15) is 0 Å². The molecule has 2 rings (SSSR count). The number of aliphatic imine (C=N–C) groups is 1. The van der Waals surface area contributed by atoms with Crippen molar-refractivity contribution in [3.63, 3.8) is 0 Å². The summed E-state index contributed by atoms with van der Waals surface area (Å²) >= 11 is 0. The van der Waals surface area contributed by atoms with Crippen molar-refractivity contribution in [1.82, 2.24) is 10.6 Å². The summed E-state index contributed by atoms with van der Waals surface area (Å²) in [5.41, 5.74) is 0.546. The van der Waals surface area contributed by atoms with Crippen molar-refractivity contribution in [2.45, 2.75) is 18.9 Å². The van der Waals surface area contributed by atoms with Crippen molar-refractivity contribution in [2.24, 2.45) is 4.99 Å². The van der Waals surface area contributed by atoms with Gasteiger partial charge in [-0.15, -0.1) is 0 Å². The van der Waals surface area contributed by atoms with Crippen molar-refractivity contribution in [3.8, 4) is 0 Å². The maximum absolute atomic E-state index is 12.8. The van der Waals surface area contributed by atoms with Crippen LogP contribution in [0.3, 0.4) is 0 Å². The number of nitrogens with zero attached hydrogens (tertiary/aromatic N) is 1. The minimum absolute atomic E-state index is 0.0625. The number of amides is 1. The smallest absolute Gasteiger partial charge is 0.243 e. The van der Waals surface area contributed by atoms with Crippen LogP contribution < -0.4 is 16.0 Å². The van der Waals surface area contributed by atoms with Crippen LogP contribution in [0.4, 0.5) is 10.1 Å². The monoisotopic (exact) mass is 352 g/mol. The highest BCUT2D eigenvalue weighted by atomic mass is 19.1. The summed E-state index contributed by atoms with van der Waals surface area (Å²) in [6.07, 6.45) is 2.01. The lowest BCUT2D eigenvalue weighted by Gasteiger charge is -2.13. The van der Waals surface area contributed by atoms with Crippen molar-refractivity contribution in [3.05, 3.63) is 30.1 Å². The third kappa shape index (κ3) is 7.49. The summed E-state index contributed by atoms with van der Waals surface area (Å²) in [5, 5.41) is 8.72. The highest BCUT2D eigenvalue weighted by molar-refractivity contribution is 5.94. The van der Waals surface area contributed by atoms with Crippen LogP contribution >= 0.6 is 0 Å². The maximum atomic E-state index is 12.8. The molecular formula is C17H25FN4O3. The highest BCUT2D eigenvalue weighted by Gasteiger charge is 2.15. The van der Waals surface area contributed by atoms with Crippen LogP contribution in [-0.4, -0.2) is 57.9 Å². The quantitative estimate of drug-likeness (QED) is 0.371.